The molecule has 0 atom stereocenters. The summed E-state index contributed by atoms with van der Waals surface area (Å²) >= 11 is 6.09. The van der Waals surface area contributed by atoms with Crippen molar-refractivity contribution in [3.8, 4) is 0 Å². The molecule has 0 aliphatic carbocycles. The standard InChI is InChI=1S/C13H16ClF.C2H4/c1-4-9-8-13(15)10(5-2)7-11(9)12(14)6-3;1-2/h6-8H,4-5H2,1-3H3;1-2H2/b12-6+;. The zero-order chi connectivity index (χ0) is 13.4. The van der Waals surface area contributed by atoms with Gasteiger partial charge in [0, 0.05) is 5.03 Å². The van der Waals surface area contributed by atoms with Crippen molar-refractivity contribution < 1.29 is 4.39 Å². The highest BCUT2D eigenvalue weighted by Gasteiger charge is 2.09. The Morgan fingerprint density at radius 2 is 1.76 bits per heavy atom. The van der Waals surface area contributed by atoms with E-state index in [1.807, 2.05) is 32.9 Å². The van der Waals surface area contributed by atoms with E-state index in [9.17, 15) is 4.39 Å². The van der Waals surface area contributed by atoms with E-state index in [0.29, 0.717) is 11.5 Å². The van der Waals surface area contributed by atoms with Crippen LogP contribution in [-0.2, 0) is 12.8 Å². The first kappa shape index (κ1) is 15.9. The van der Waals surface area contributed by atoms with E-state index in [0.717, 1.165) is 23.1 Å². The highest BCUT2D eigenvalue weighted by Crippen LogP contribution is 2.26. The monoisotopic (exact) mass is 254 g/mol. The van der Waals surface area contributed by atoms with Crippen molar-refractivity contribution in [2.75, 3.05) is 0 Å². The largest absolute Gasteiger partial charge is 0.207 e. The van der Waals surface area contributed by atoms with Gasteiger partial charge in [-0.2, -0.15) is 0 Å². The summed E-state index contributed by atoms with van der Waals surface area (Å²) in [6.07, 6.45) is 3.32. The van der Waals surface area contributed by atoms with Crippen molar-refractivity contribution in [2.45, 2.75) is 33.6 Å². The maximum absolute atomic E-state index is 13.5. The van der Waals surface area contributed by atoms with Gasteiger partial charge < -0.3 is 0 Å². The van der Waals surface area contributed by atoms with E-state index in [1.54, 1.807) is 6.07 Å². The molecule has 0 N–H and O–H groups in total. The highest BCUT2D eigenvalue weighted by atomic mass is 35.5. The molecule has 0 aliphatic heterocycles. The summed E-state index contributed by atoms with van der Waals surface area (Å²) in [5.41, 5.74) is 2.65. The molecule has 0 saturated carbocycles. The molecule has 94 valence electrons. The quantitative estimate of drug-likeness (QED) is 0.638. The van der Waals surface area contributed by atoms with Crippen LogP contribution in [0.1, 0.15) is 37.5 Å². The molecule has 0 unspecified atom stereocenters. The lowest BCUT2D eigenvalue weighted by Crippen LogP contribution is -1.96. The maximum atomic E-state index is 13.5. The molecule has 0 aromatic heterocycles. The first-order valence-corrected chi connectivity index (χ1v) is 6.15. The fraction of sp³-hybridized carbons (Fsp3) is 0.333. The van der Waals surface area contributed by atoms with Gasteiger partial charge >= 0.3 is 0 Å². The van der Waals surface area contributed by atoms with E-state index in [-0.39, 0.29) is 5.82 Å². The highest BCUT2D eigenvalue weighted by molar-refractivity contribution is 6.48. The average molecular weight is 255 g/mol. The molecule has 0 heterocycles. The molecule has 0 saturated heterocycles. The van der Waals surface area contributed by atoms with E-state index >= 15 is 0 Å². The molecule has 0 aliphatic rings. The van der Waals surface area contributed by atoms with Crippen LogP contribution in [0.5, 0.6) is 0 Å². The fourth-order valence-corrected chi connectivity index (χ4v) is 1.78. The Bertz CT molecular complexity index is 394. The minimum atomic E-state index is -0.126. The molecule has 17 heavy (non-hydrogen) atoms. The van der Waals surface area contributed by atoms with Crippen LogP contribution in [0.15, 0.2) is 31.4 Å². The molecular weight excluding hydrogens is 235 g/mol. The Balaban J connectivity index is 0.00000121. The second-order valence-corrected chi connectivity index (χ2v) is 3.85. The third-order valence-corrected chi connectivity index (χ3v) is 2.97. The third-order valence-electron chi connectivity index (χ3n) is 2.54. The Morgan fingerprint density at radius 1 is 1.24 bits per heavy atom. The van der Waals surface area contributed by atoms with Gasteiger partial charge in [0.15, 0.2) is 0 Å². The average Bonchev–Trinajstić information content (AvgIpc) is 2.39. The Labute approximate surface area is 109 Å². The van der Waals surface area contributed by atoms with E-state index < -0.39 is 0 Å². The number of halogens is 2. The molecule has 0 nitrogen and oxygen atoms in total. The first-order chi connectivity index (χ1) is 8.13. The Kier molecular flexibility index (Phi) is 7.56. The minimum absolute atomic E-state index is 0.126. The van der Waals surface area contributed by atoms with Gasteiger partial charge in [0.2, 0.25) is 0 Å². The van der Waals surface area contributed by atoms with Crippen LogP contribution in [0.3, 0.4) is 0 Å². The maximum Gasteiger partial charge on any atom is 0.126 e. The molecule has 0 spiro atoms. The van der Waals surface area contributed by atoms with Crippen LogP contribution in [0.25, 0.3) is 5.03 Å². The van der Waals surface area contributed by atoms with Gasteiger partial charge in [-0.05, 0) is 48.6 Å². The zero-order valence-corrected chi connectivity index (χ0v) is 11.6. The zero-order valence-electron chi connectivity index (χ0n) is 10.8. The predicted octanol–water partition coefficient (Wildman–Crippen LogP) is 5.35. The minimum Gasteiger partial charge on any atom is -0.207 e. The van der Waals surface area contributed by atoms with Gasteiger partial charge in [-0.15, -0.1) is 13.2 Å². The van der Waals surface area contributed by atoms with Gasteiger partial charge in [-0.1, -0.05) is 31.5 Å². The molecule has 0 bridgehead atoms. The van der Waals surface area contributed by atoms with Gasteiger partial charge in [-0.3, -0.25) is 0 Å². The summed E-state index contributed by atoms with van der Waals surface area (Å²) in [5.74, 6) is -0.126. The molecule has 1 aromatic rings. The van der Waals surface area contributed by atoms with E-state index in [1.165, 1.54) is 0 Å². The second-order valence-electron chi connectivity index (χ2n) is 3.44. The van der Waals surface area contributed by atoms with Gasteiger partial charge in [0.05, 0.1) is 0 Å². The van der Waals surface area contributed by atoms with Gasteiger partial charge in [0.25, 0.3) is 0 Å². The van der Waals surface area contributed by atoms with Crippen molar-refractivity contribution in [1.29, 1.82) is 0 Å². The van der Waals surface area contributed by atoms with Crippen LogP contribution in [0, 0.1) is 5.82 Å². The fourth-order valence-electron chi connectivity index (χ4n) is 1.60. The van der Waals surface area contributed by atoms with Crippen molar-refractivity contribution in [3.05, 3.63) is 53.9 Å². The summed E-state index contributed by atoms with van der Waals surface area (Å²) in [6, 6.07) is 3.45. The van der Waals surface area contributed by atoms with E-state index in [2.05, 4.69) is 13.2 Å². The summed E-state index contributed by atoms with van der Waals surface area (Å²) in [7, 11) is 0. The summed E-state index contributed by atoms with van der Waals surface area (Å²) in [4.78, 5) is 0. The summed E-state index contributed by atoms with van der Waals surface area (Å²) in [6.45, 7) is 11.8. The van der Waals surface area contributed by atoms with Crippen molar-refractivity contribution in [3.63, 3.8) is 0 Å². The SMILES string of the molecule is C/C=C(/Cl)c1cc(CC)c(F)cc1CC.C=C. The Morgan fingerprint density at radius 3 is 2.18 bits per heavy atom. The second kappa shape index (κ2) is 8.08. The number of rotatable bonds is 3. The van der Waals surface area contributed by atoms with Crippen molar-refractivity contribution in [2.24, 2.45) is 0 Å². The lowest BCUT2D eigenvalue weighted by Gasteiger charge is -2.10. The van der Waals surface area contributed by atoms with Crippen molar-refractivity contribution >= 4 is 16.6 Å². The molecule has 0 fully saturated rings. The number of hydrogen-bond acceptors (Lipinski definition) is 0. The van der Waals surface area contributed by atoms with E-state index in [4.69, 9.17) is 11.6 Å². The van der Waals surface area contributed by atoms with Crippen molar-refractivity contribution in [1.82, 2.24) is 0 Å². The number of benzene rings is 1. The van der Waals surface area contributed by atoms with Crippen LogP contribution >= 0.6 is 11.6 Å². The van der Waals surface area contributed by atoms with Crippen LogP contribution < -0.4 is 0 Å². The van der Waals surface area contributed by atoms with Crippen LogP contribution in [-0.4, -0.2) is 0 Å². The number of hydrogen-bond donors (Lipinski definition) is 0. The van der Waals surface area contributed by atoms with Gasteiger partial charge in [0.1, 0.15) is 5.82 Å². The topological polar surface area (TPSA) is 0 Å². The molecule has 1 aromatic carbocycles. The summed E-state index contributed by atoms with van der Waals surface area (Å²) < 4.78 is 13.5. The molecular formula is C15H20ClF. The molecule has 1 rings (SSSR count). The normalized spacial score (nSPS) is 10.8. The molecule has 0 radical (unpaired) electrons. The Hall–Kier alpha value is -1.08. The van der Waals surface area contributed by atoms with Crippen LogP contribution in [0.2, 0.25) is 0 Å². The smallest absolute Gasteiger partial charge is 0.126 e. The predicted molar refractivity (Wildman–Crippen MR) is 75.9 cm³/mol. The first-order valence-electron chi connectivity index (χ1n) is 5.77. The molecule has 2 heteroatoms. The molecule has 0 amide bonds. The summed E-state index contributed by atoms with van der Waals surface area (Å²) in [5, 5.41) is 0.696. The third kappa shape index (κ3) is 4.01. The number of aryl methyl sites for hydroxylation is 2. The lowest BCUT2D eigenvalue weighted by molar-refractivity contribution is 0.610. The lowest BCUT2D eigenvalue weighted by atomic mass is 9.99. The van der Waals surface area contributed by atoms with Crippen LogP contribution in [0.4, 0.5) is 4.39 Å². The number of allylic oxidation sites excluding steroid dienone is 1. The van der Waals surface area contributed by atoms with Gasteiger partial charge in [-0.25, -0.2) is 4.39 Å².